The van der Waals surface area contributed by atoms with Gasteiger partial charge in [-0.2, -0.15) is 0 Å². The van der Waals surface area contributed by atoms with Crippen LogP contribution in [0.15, 0.2) is 48.5 Å². The van der Waals surface area contributed by atoms with Crippen LogP contribution in [0.3, 0.4) is 0 Å². The monoisotopic (exact) mass is 322 g/mol. The Morgan fingerprint density at radius 1 is 1.19 bits per heavy atom. The molecule has 0 radical (unpaired) electrons. The van der Waals surface area contributed by atoms with Crippen molar-refractivity contribution in [2.45, 2.75) is 6.61 Å². The molecule has 0 spiro atoms. The van der Waals surface area contributed by atoms with Crippen molar-refractivity contribution in [3.63, 3.8) is 0 Å². The van der Waals surface area contributed by atoms with Gasteiger partial charge in [0.05, 0.1) is 0 Å². The number of aliphatic carboxylic acids is 1. The second-order valence-corrected chi connectivity index (χ2v) is 5.08. The number of benzene rings is 2. The van der Waals surface area contributed by atoms with Gasteiger partial charge in [0, 0.05) is 27.2 Å². The number of carboxylic acid groups (broad SMARTS) is 1. The van der Waals surface area contributed by atoms with Crippen LogP contribution in [0.5, 0.6) is 5.75 Å². The summed E-state index contributed by atoms with van der Waals surface area (Å²) in [6.45, 7) is 0.247. The first-order valence-corrected chi connectivity index (χ1v) is 6.88. The van der Waals surface area contributed by atoms with Gasteiger partial charge in [-0.25, -0.2) is 4.79 Å². The van der Waals surface area contributed by atoms with E-state index >= 15 is 0 Å². The Labute approximate surface area is 132 Å². The molecule has 3 nitrogen and oxygen atoms in total. The molecule has 0 aliphatic heterocycles. The maximum absolute atomic E-state index is 10.6. The van der Waals surface area contributed by atoms with Crippen LogP contribution in [-0.4, -0.2) is 11.1 Å². The predicted molar refractivity (Wildman–Crippen MR) is 83.9 cm³/mol. The van der Waals surface area contributed by atoms with E-state index in [0.29, 0.717) is 21.4 Å². The quantitative estimate of drug-likeness (QED) is 0.813. The van der Waals surface area contributed by atoms with Crippen LogP contribution in [0.25, 0.3) is 6.08 Å². The number of halogens is 2. The van der Waals surface area contributed by atoms with Gasteiger partial charge >= 0.3 is 5.97 Å². The predicted octanol–water partition coefficient (Wildman–Crippen LogP) is 4.67. The van der Waals surface area contributed by atoms with Crippen LogP contribution >= 0.6 is 23.2 Å². The molecule has 0 bridgehead atoms. The van der Waals surface area contributed by atoms with Crippen LogP contribution in [0.1, 0.15) is 11.1 Å². The summed E-state index contributed by atoms with van der Waals surface area (Å²) in [5, 5.41) is 9.83. The molecule has 2 aromatic carbocycles. The third-order valence-corrected chi connectivity index (χ3v) is 3.32. The molecule has 0 fully saturated rings. The second kappa shape index (κ2) is 7.16. The van der Waals surface area contributed by atoms with Crippen molar-refractivity contribution in [1.29, 1.82) is 0 Å². The summed E-state index contributed by atoms with van der Waals surface area (Å²) in [6.07, 6.45) is 2.55. The number of hydrogen-bond acceptors (Lipinski definition) is 2. The Balaban J connectivity index is 2.16. The van der Waals surface area contributed by atoms with Crippen LogP contribution in [0, 0.1) is 0 Å². The molecule has 5 heteroatoms. The molecule has 108 valence electrons. The van der Waals surface area contributed by atoms with Crippen molar-refractivity contribution in [2.24, 2.45) is 0 Å². The van der Waals surface area contributed by atoms with Crippen molar-refractivity contribution < 1.29 is 14.6 Å². The summed E-state index contributed by atoms with van der Waals surface area (Å²) < 4.78 is 5.70. The van der Waals surface area contributed by atoms with Gasteiger partial charge in [0.15, 0.2) is 0 Å². The molecule has 2 rings (SSSR count). The lowest BCUT2D eigenvalue weighted by atomic mass is 10.2. The summed E-state index contributed by atoms with van der Waals surface area (Å²) in [7, 11) is 0. The summed E-state index contributed by atoms with van der Waals surface area (Å²) in [5.41, 5.74) is 1.44. The maximum Gasteiger partial charge on any atom is 0.328 e. The zero-order valence-electron chi connectivity index (χ0n) is 10.9. The average molecular weight is 323 g/mol. The highest BCUT2D eigenvalue weighted by Gasteiger charge is 2.05. The fourth-order valence-corrected chi connectivity index (χ4v) is 2.09. The van der Waals surface area contributed by atoms with Crippen LogP contribution in [-0.2, 0) is 11.4 Å². The standard InChI is InChI=1S/C16H12Cl2O3/c17-13-6-7-14(18)12(9-13)10-21-15-4-2-1-3-11(15)5-8-16(19)20/h1-9H,10H2,(H,19,20). The van der Waals surface area contributed by atoms with Crippen molar-refractivity contribution in [1.82, 2.24) is 0 Å². The van der Waals surface area contributed by atoms with Gasteiger partial charge in [0.25, 0.3) is 0 Å². The van der Waals surface area contributed by atoms with E-state index in [4.69, 9.17) is 33.0 Å². The Kier molecular flexibility index (Phi) is 5.26. The lowest BCUT2D eigenvalue weighted by Gasteiger charge is -2.10. The molecule has 0 amide bonds. The minimum absolute atomic E-state index is 0.247. The fourth-order valence-electron chi connectivity index (χ4n) is 1.72. The lowest BCUT2D eigenvalue weighted by molar-refractivity contribution is -0.131. The van der Waals surface area contributed by atoms with E-state index in [2.05, 4.69) is 0 Å². The summed E-state index contributed by atoms with van der Waals surface area (Å²) in [6, 6.07) is 12.3. The van der Waals surface area contributed by atoms with Crippen LogP contribution < -0.4 is 4.74 Å². The molecule has 1 N–H and O–H groups in total. The van der Waals surface area contributed by atoms with E-state index in [9.17, 15) is 4.79 Å². The van der Waals surface area contributed by atoms with Crippen molar-refractivity contribution in [3.8, 4) is 5.75 Å². The number of rotatable bonds is 5. The summed E-state index contributed by atoms with van der Waals surface area (Å²) in [4.78, 5) is 10.6. The summed E-state index contributed by atoms with van der Waals surface area (Å²) >= 11 is 12.0. The molecule has 0 unspecified atom stereocenters. The number of carbonyl (C=O) groups is 1. The third kappa shape index (κ3) is 4.52. The summed E-state index contributed by atoms with van der Waals surface area (Å²) in [5.74, 6) is -0.436. The van der Waals surface area contributed by atoms with Crippen molar-refractivity contribution in [2.75, 3.05) is 0 Å². The van der Waals surface area contributed by atoms with E-state index < -0.39 is 5.97 Å². The first kappa shape index (κ1) is 15.4. The molecule has 0 aliphatic rings. The number of para-hydroxylation sites is 1. The van der Waals surface area contributed by atoms with Gasteiger partial charge in [-0.05, 0) is 30.3 Å². The van der Waals surface area contributed by atoms with Crippen LogP contribution in [0.4, 0.5) is 0 Å². The van der Waals surface area contributed by atoms with Crippen LogP contribution in [0.2, 0.25) is 10.0 Å². The number of carboxylic acids is 1. The first-order valence-electron chi connectivity index (χ1n) is 6.13. The fraction of sp³-hybridized carbons (Fsp3) is 0.0625. The first-order chi connectivity index (χ1) is 10.1. The molecule has 2 aromatic rings. The topological polar surface area (TPSA) is 46.5 Å². The molecule has 21 heavy (non-hydrogen) atoms. The smallest absolute Gasteiger partial charge is 0.328 e. The Bertz CT molecular complexity index is 681. The van der Waals surface area contributed by atoms with Gasteiger partial charge < -0.3 is 9.84 Å². The van der Waals surface area contributed by atoms with Crippen molar-refractivity contribution in [3.05, 3.63) is 69.7 Å². The number of ether oxygens (including phenoxy) is 1. The van der Waals surface area contributed by atoms with E-state index in [1.807, 2.05) is 6.07 Å². The van der Waals surface area contributed by atoms with Gasteiger partial charge in [0.1, 0.15) is 12.4 Å². The molecule has 0 aliphatic carbocycles. The average Bonchev–Trinajstić information content (AvgIpc) is 2.47. The minimum atomic E-state index is -1.01. The van der Waals surface area contributed by atoms with Gasteiger partial charge in [-0.1, -0.05) is 41.4 Å². The van der Waals surface area contributed by atoms with Gasteiger partial charge in [-0.15, -0.1) is 0 Å². The SMILES string of the molecule is O=C(O)C=Cc1ccccc1OCc1cc(Cl)ccc1Cl. The molecular formula is C16H12Cl2O3. The second-order valence-electron chi connectivity index (χ2n) is 4.23. The molecule has 0 saturated carbocycles. The third-order valence-electron chi connectivity index (χ3n) is 2.72. The zero-order chi connectivity index (χ0) is 15.2. The highest BCUT2D eigenvalue weighted by Crippen LogP contribution is 2.24. The Morgan fingerprint density at radius 2 is 1.95 bits per heavy atom. The van der Waals surface area contributed by atoms with E-state index in [0.717, 1.165) is 11.6 Å². The Hall–Kier alpha value is -1.97. The molecule has 0 atom stereocenters. The zero-order valence-corrected chi connectivity index (χ0v) is 12.4. The lowest BCUT2D eigenvalue weighted by Crippen LogP contribution is -1.98. The maximum atomic E-state index is 10.6. The van der Waals surface area contributed by atoms with E-state index in [-0.39, 0.29) is 6.61 Å². The van der Waals surface area contributed by atoms with E-state index in [1.165, 1.54) is 6.08 Å². The van der Waals surface area contributed by atoms with E-state index in [1.54, 1.807) is 36.4 Å². The highest BCUT2D eigenvalue weighted by molar-refractivity contribution is 6.33. The Morgan fingerprint density at radius 3 is 2.71 bits per heavy atom. The highest BCUT2D eigenvalue weighted by atomic mass is 35.5. The van der Waals surface area contributed by atoms with Gasteiger partial charge in [-0.3, -0.25) is 0 Å². The minimum Gasteiger partial charge on any atom is -0.488 e. The van der Waals surface area contributed by atoms with Gasteiger partial charge in [0.2, 0.25) is 0 Å². The molecule has 0 saturated heterocycles. The van der Waals surface area contributed by atoms with Crippen molar-refractivity contribution >= 4 is 35.2 Å². The normalized spacial score (nSPS) is 10.8. The molecule has 0 heterocycles. The molecule has 0 aromatic heterocycles. The number of hydrogen-bond donors (Lipinski definition) is 1. The molecular weight excluding hydrogens is 311 g/mol. The largest absolute Gasteiger partial charge is 0.488 e.